The van der Waals surface area contributed by atoms with Gasteiger partial charge < -0.3 is 10.5 Å². The third-order valence-electron chi connectivity index (χ3n) is 2.76. The molecule has 104 valence electrons. The van der Waals surface area contributed by atoms with Gasteiger partial charge in [-0.25, -0.2) is 4.39 Å². The van der Waals surface area contributed by atoms with Crippen molar-refractivity contribution in [3.8, 4) is 5.75 Å². The maximum atomic E-state index is 13.6. The number of rotatable bonds is 5. The quantitative estimate of drug-likeness (QED) is 0.654. The number of ether oxygens (including phenoxy) is 1. The van der Waals surface area contributed by atoms with E-state index in [4.69, 9.17) is 27.5 Å². The van der Waals surface area contributed by atoms with Crippen LogP contribution in [0.4, 0.5) is 4.39 Å². The Labute approximate surface area is 121 Å². The molecule has 0 saturated heterocycles. The summed E-state index contributed by atoms with van der Waals surface area (Å²) in [6.45, 7) is 0.0670. The number of amidine groups is 1. The molecule has 2 aromatic rings. The fourth-order valence-electron chi connectivity index (χ4n) is 1.75. The second kappa shape index (κ2) is 6.39. The predicted octanol–water partition coefficient (Wildman–Crippen LogP) is 3.54. The van der Waals surface area contributed by atoms with Gasteiger partial charge in [0, 0.05) is 12.0 Å². The maximum Gasteiger partial charge on any atom is 0.131 e. The minimum Gasteiger partial charge on any atom is -0.489 e. The van der Waals surface area contributed by atoms with Gasteiger partial charge in [0.25, 0.3) is 0 Å². The van der Waals surface area contributed by atoms with Crippen molar-refractivity contribution in [2.45, 2.75) is 13.0 Å². The fraction of sp³-hybridized carbons (Fsp3) is 0.133. The maximum absolute atomic E-state index is 13.6. The van der Waals surface area contributed by atoms with Gasteiger partial charge >= 0.3 is 0 Å². The molecular formula is C15H14ClFN2O. The highest BCUT2D eigenvalue weighted by Crippen LogP contribution is 2.21. The number of benzene rings is 2. The van der Waals surface area contributed by atoms with Crippen LogP contribution in [0.2, 0.25) is 5.02 Å². The first-order chi connectivity index (χ1) is 9.56. The third kappa shape index (κ3) is 3.71. The van der Waals surface area contributed by atoms with Crippen molar-refractivity contribution in [1.29, 1.82) is 5.41 Å². The molecule has 0 atom stereocenters. The minimum absolute atomic E-state index is 0.0670. The fourth-order valence-corrected chi connectivity index (χ4v) is 1.97. The Kier molecular flexibility index (Phi) is 4.58. The monoisotopic (exact) mass is 292 g/mol. The Bertz CT molecular complexity index is 594. The lowest BCUT2D eigenvalue weighted by atomic mass is 10.1. The molecule has 2 aromatic carbocycles. The van der Waals surface area contributed by atoms with Crippen LogP contribution in [0.25, 0.3) is 0 Å². The summed E-state index contributed by atoms with van der Waals surface area (Å²) < 4.78 is 19.1. The van der Waals surface area contributed by atoms with Crippen LogP contribution in [0, 0.1) is 11.2 Å². The van der Waals surface area contributed by atoms with E-state index in [0.717, 1.165) is 5.56 Å². The Morgan fingerprint density at radius 1 is 1.20 bits per heavy atom. The molecule has 0 fully saturated rings. The zero-order valence-corrected chi connectivity index (χ0v) is 11.5. The summed E-state index contributed by atoms with van der Waals surface area (Å²) in [5, 5.41) is 7.56. The molecule has 0 aliphatic rings. The summed E-state index contributed by atoms with van der Waals surface area (Å²) in [4.78, 5) is 0. The SMILES string of the molecule is N=C(N)Cc1ccc(OCc2c(F)cccc2Cl)cc1. The molecule has 0 aromatic heterocycles. The molecule has 3 nitrogen and oxygen atoms in total. The van der Waals surface area contributed by atoms with Gasteiger partial charge in [-0.1, -0.05) is 29.8 Å². The summed E-state index contributed by atoms with van der Waals surface area (Å²) in [6.07, 6.45) is 0.402. The van der Waals surface area contributed by atoms with Gasteiger partial charge in [-0.2, -0.15) is 0 Å². The average Bonchev–Trinajstić information content (AvgIpc) is 2.39. The molecule has 5 heteroatoms. The van der Waals surface area contributed by atoms with Gasteiger partial charge in [0.1, 0.15) is 18.2 Å². The molecule has 0 aliphatic heterocycles. The van der Waals surface area contributed by atoms with Crippen molar-refractivity contribution < 1.29 is 9.13 Å². The highest BCUT2D eigenvalue weighted by Gasteiger charge is 2.07. The van der Waals surface area contributed by atoms with Crippen LogP contribution >= 0.6 is 11.6 Å². The molecule has 0 heterocycles. The molecule has 0 unspecified atom stereocenters. The lowest BCUT2D eigenvalue weighted by molar-refractivity contribution is 0.300. The molecule has 0 saturated carbocycles. The second-order valence-electron chi connectivity index (χ2n) is 4.33. The van der Waals surface area contributed by atoms with E-state index >= 15 is 0 Å². The number of halogens is 2. The number of nitrogens with one attached hydrogen (secondary N) is 1. The van der Waals surface area contributed by atoms with Crippen LogP contribution in [0.5, 0.6) is 5.75 Å². The number of hydrogen-bond donors (Lipinski definition) is 2. The zero-order chi connectivity index (χ0) is 14.5. The molecule has 2 rings (SSSR count). The van der Waals surface area contributed by atoms with Crippen molar-refractivity contribution in [2.75, 3.05) is 0 Å². The van der Waals surface area contributed by atoms with Crippen LogP contribution < -0.4 is 10.5 Å². The number of hydrogen-bond acceptors (Lipinski definition) is 2. The van der Waals surface area contributed by atoms with Crippen LogP contribution in [0.1, 0.15) is 11.1 Å². The molecular weight excluding hydrogens is 279 g/mol. The molecule has 0 radical (unpaired) electrons. The Hall–Kier alpha value is -2.07. The normalized spacial score (nSPS) is 10.3. The van der Waals surface area contributed by atoms with Gasteiger partial charge in [-0.3, -0.25) is 5.41 Å². The summed E-state index contributed by atoms with van der Waals surface area (Å²) in [5.74, 6) is 0.333. The van der Waals surface area contributed by atoms with Crippen LogP contribution in [-0.2, 0) is 13.0 Å². The summed E-state index contributed by atoms with van der Waals surface area (Å²) in [6, 6.07) is 11.7. The van der Waals surface area contributed by atoms with E-state index < -0.39 is 0 Å². The number of nitrogens with two attached hydrogens (primary N) is 1. The van der Waals surface area contributed by atoms with E-state index in [2.05, 4.69) is 0 Å². The molecule has 20 heavy (non-hydrogen) atoms. The van der Waals surface area contributed by atoms with Gasteiger partial charge in [0.2, 0.25) is 0 Å². The van der Waals surface area contributed by atoms with E-state index in [-0.39, 0.29) is 18.3 Å². The van der Waals surface area contributed by atoms with Crippen LogP contribution in [0.15, 0.2) is 42.5 Å². The molecule has 0 bridgehead atoms. The van der Waals surface area contributed by atoms with Crippen LogP contribution in [-0.4, -0.2) is 5.84 Å². The van der Waals surface area contributed by atoms with Crippen molar-refractivity contribution in [3.05, 3.63) is 64.4 Å². The molecule has 0 amide bonds. The Morgan fingerprint density at radius 3 is 2.50 bits per heavy atom. The lowest BCUT2D eigenvalue weighted by Gasteiger charge is -2.09. The highest BCUT2D eigenvalue weighted by atomic mass is 35.5. The van der Waals surface area contributed by atoms with Crippen molar-refractivity contribution >= 4 is 17.4 Å². The van der Waals surface area contributed by atoms with Crippen molar-refractivity contribution in [1.82, 2.24) is 0 Å². The Morgan fingerprint density at radius 2 is 1.90 bits per heavy atom. The average molecular weight is 293 g/mol. The first kappa shape index (κ1) is 14.3. The molecule has 3 N–H and O–H groups in total. The van der Waals surface area contributed by atoms with Gasteiger partial charge in [0.05, 0.1) is 10.9 Å². The van der Waals surface area contributed by atoms with Crippen LogP contribution in [0.3, 0.4) is 0 Å². The summed E-state index contributed by atoms with van der Waals surface area (Å²) in [7, 11) is 0. The van der Waals surface area contributed by atoms with Gasteiger partial charge in [-0.15, -0.1) is 0 Å². The van der Waals surface area contributed by atoms with Crippen molar-refractivity contribution in [3.63, 3.8) is 0 Å². The van der Waals surface area contributed by atoms with E-state index in [1.54, 1.807) is 24.3 Å². The predicted molar refractivity (Wildman–Crippen MR) is 77.8 cm³/mol. The van der Waals surface area contributed by atoms with E-state index in [0.29, 0.717) is 22.8 Å². The second-order valence-corrected chi connectivity index (χ2v) is 4.74. The summed E-state index contributed by atoms with van der Waals surface area (Å²) >= 11 is 5.92. The minimum atomic E-state index is -0.384. The molecule has 0 aliphatic carbocycles. The van der Waals surface area contributed by atoms with Gasteiger partial charge in [0.15, 0.2) is 0 Å². The first-order valence-electron chi connectivity index (χ1n) is 6.04. The topological polar surface area (TPSA) is 59.1 Å². The highest BCUT2D eigenvalue weighted by molar-refractivity contribution is 6.31. The first-order valence-corrected chi connectivity index (χ1v) is 6.41. The third-order valence-corrected chi connectivity index (χ3v) is 3.12. The lowest BCUT2D eigenvalue weighted by Crippen LogP contribution is -2.12. The van der Waals surface area contributed by atoms with Crippen molar-refractivity contribution in [2.24, 2.45) is 5.73 Å². The molecule has 0 spiro atoms. The van der Waals surface area contributed by atoms with E-state index in [1.165, 1.54) is 6.07 Å². The standard InChI is InChI=1S/C15H14ClFN2O/c16-13-2-1-3-14(17)12(13)9-20-11-6-4-10(5-7-11)8-15(18)19/h1-7H,8-9H2,(H3,18,19). The summed E-state index contributed by atoms with van der Waals surface area (Å²) in [5.41, 5.74) is 6.59. The van der Waals surface area contributed by atoms with Gasteiger partial charge in [-0.05, 0) is 29.8 Å². The smallest absolute Gasteiger partial charge is 0.131 e. The van der Waals surface area contributed by atoms with E-state index in [1.807, 2.05) is 12.1 Å². The van der Waals surface area contributed by atoms with E-state index in [9.17, 15) is 4.39 Å². The Balaban J connectivity index is 2.02. The largest absolute Gasteiger partial charge is 0.489 e. The zero-order valence-electron chi connectivity index (χ0n) is 10.7.